The van der Waals surface area contributed by atoms with Crippen molar-refractivity contribution in [3.63, 3.8) is 0 Å². The summed E-state index contributed by atoms with van der Waals surface area (Å²) in [5.41, 5.74) is -0.549. The first-order valence-corrected chi connectivity index (χ1v) is 5.61. The topological polar surface area (TPSA) is 104 Å². The summed E-state index contributed by atoms with van der Waals surface area (Å²) in [6.45, 7) is 1.79. The minimum absolute atomic E-state index is 0.358. The van der Waals surface area contributed by atoms with Gasteiger partial charge >= 0.3 is 11.9 Å². The van der Waals surface area contributed by atoms with Crippen LogP contribution in [0.4, 0.5) is 0 Å². The first-order valence-electron chi connectivity index (χ1n) is 5.61. The Morgan fingerprint density at radius 3 is 2.18 bits per heavy atom. The van der Waals surface area contributed by atoms with E-state index in [1.165, 1.54) is 0 Å². The van der Waals surface area contributed by atoms with Crippen molar-refractivity contribution < 1.29 is 24.6 Å². The molecule has 3 N–H and O–H groups in total. The molecular formula is C11H17NO5. The molecule has 0 aliphatic heterocycles. The summed E-state index contributed by atoms with van der Waals surface area (Å²) in [6, 6.07) is -1.35. The van der Waals surface area contributed by atoms with E-state index >= 15 is 0 Å². The zero-order valence-electron chi connectivity index (χ0n) is 9.73. The lowest BCUT2D eigenvalue weighted by Crippen LogP contribution is -2.47. The Labute approximate surface area is 99.0 Å². The van der Waals surface area contributed by atoms with Gasteiger partial charge in [0, 0.05) is 5.41 Å². The lowest BCUT2D eigenvalue weighted by molar-refractivity contribution is -0.148. The summed E-state index contributed by atoms with van der Waals surface area (Å²) in [5.74, 6) is -2.92. The molecule has 96 valence electrons. The fourth-order valence-electron chi connectivity index (χ4n) is 2.09. The van der Waals surface area contributed by atoms with E-state index in [9.17, 15) is 14.4 Å². The fourth-order valence-corrected chi connectivity index (χ4v) is 2.09. The molecule has 6 heteroatoms. The monoisotopic (exact) mass is 243 g/mol. The molecule has 0 heterocycles. The number of carboxylic acid groups (broad SMARTS) is 2. The highest BCUT2D eigenvalue weighted by atomic mass is 16.4. The Balaban J connectivity index is 2.63. The number of hydrogen-bond acceptors (Lipinski definition) is 3. The summed E-state index contributed by atoms with van der Waals surface area (Å²) in [5, 5.41) is 19.7. The lowest BCUT2D eigenvalue weighted by atomic mass is 9.87. The maximum Gasteiger partial charge on any atom is 0.326 e. The van der Waals surface area contributed by atoms with Crippen molar-refractivity contribution in [3.05, 3.63) is 0 Å². The first kappa shape index (κ1) is 13.5. The van der Waals surface area contributed by atoms with Crippen LogP contribution in [0.3, 0.4) is 0 Å². The minimum atomic E-state index is -1.35. The number of nitrogens with one attached hydrogen (secondary N) is 1. The van der Waals surface area contributed by atoms with E-state index < -0.39 is 29.8 Å². The van der Waals surface area contributed by atoms with E-state index in [1.54, 1.807) is 6.92 Å². The largest absolute Gasteiger partial charge is 0.481 e. The van der Waals surface area contributed by atoms with Crippen LogP contribution >= 0.6 is 0 Å². The molecule has 1 atom stereocenters. The van der Waals surface area contributed by atoms with Gasteiger partial charge in [-0.3, -0.25) is 9.59 Å². The second-order valence-corrected chi connectivity index (χ2v) is 4.73. The van der Waals surface area contributed by atoms with Gasteiger partial charge in [0.05, 0.1) is 6.42 Å². The van der Waals surface area contributed by atoms with Crippen molar-refractivity contribution in [3.8, 4) is 0 Å². The molecule has 1 aliphatic carbocycles. The predicted molar refractivity (Wildman–Crippen MR) is 58.4 cm³/mol. The van der Waals surface area contributed by atoms with Crippen LogP contribution < -0.4 is 5.32 Å². The maximum absolute atomic E-state index is 11.9. The molecule has 0 aromatic heterocycles. The normalized spacial score (nSPS) is 19.6. The van der Waals surface area contributed by atoms with Gasteiger partial charge in [-0.1, -0.05) is 19.8 Å². The Hall–Kier alpha value is -1.59. The highest BCUT2D eigenvalue weighted by Crippen LogP contribution is 2.37. The molecule has 0 saturated heterocycles. The second-order valence-electron chi connectivity index (χ2n) is 4.73. The molecule has 0 spiro atoms. The van der Waals surface area contributed by atoms with Crippen LogP contribution in [-0.2, 0) is 14.4 Å². The predicted octanol–water partition coefficient (Wildman–Crippen LogP) is 0.611. The van der Waals surface area contributed by atoms with Crippen molar-refractivity contribution in [2.24, 2.45) is 5.41 Å². The van der Waals surface area contributed by atoms with Crippen LogP contribution in [0.1, 0.15) is 39.0 Å². The highest BCUT2D eigenvalue weighted by molar-refractivity contribution is 5.89. The van der Waals surface area contributed by atoms with Crippen LogP contribution in [0.15, 0.2) is 0 Å². The lowest BCUT2D eigenvalue weighted by Gasteiger charge is -2.24. The maximum atomic E-state index is 11.9. The van der Waals surface area contributed by atoms with E-state index in [4.69, 9.17) is 10.2 Å². The molecule has 1 fully saturated rings. The van der Waals surface area contributed by atoms with Gasteiger partial charge in [0.25, 0.3) is 0 Å². The number of carbonyl (C=O) groups excluding carboxylic acids is 1. The summed E-state index contributed by atoms with van der Waals surface area (Å²) in [6.07, 6.45) is 2.73. The summed E-state index contributed by atoms with van der Waals surface area (Å²) in [4.78, 5) is 33.2. The zero-order valence-corrected chi connectivity index (χ0v) is 9.73. The van der Waals surface area contributed by atoms with Crippen molar-refractivity contribution in [2.75, 3.05) is 0 Å². The molecule has 0 radical (unpaired) electrons. The van der Waals surface area contributed by atoms with Crippen molar-refractivity contribution in [2.45, 2.75) is 45.1 Å². The minimum Gasteiger partial charge on any atom is -0.481 e. The highest BCUT2D eigenvalue weighted by Gasteiger charge is 2.38. The molecule has 1 aliphatic rings. The average molecular weight is 243 g/mol. The van der Waals surface area contributed by atoms with Gasteiger partial charge in [-0.05, 0) is 12.8 Å². The summed E-state index contributed by atoms with van der Waals surface area (Å²) >= 11 is 0. The number of carboxylic acids is 2. The van der Waals surface area contributed by atoms with E-state index in [0.717, 1.165) is 25.7 Å². The molecule has 17 heavy (non-hydrogen) atoms. The number of amides is 1. The van der Waals surface area contributed by atoms with Gasteiger partial charge in [-0.2, -0.15) is 0 Å². The van der Waals surface area contributed by atoms with E-state index in [1.807, 2.05) is 0 Å². The molecule has 0 bridgehead atoms. The molecular weight excluding hydrogens is 226 g/mol. The van der Waals surface area contributed by atoms with Crippen LogP contribution in [0.25, 0.3) is 0 Å². The van der Waals surface area contributed by atoms with E-state index in [2.05, 4.69) is 5.32 Å². The van der Waals surface area contributed by atoms with Gasteiger partial charge in [-0.15, -0.1) is 0 Å². The van der Waals surface area contributed by atoms with Crippen molar-refractivity contribution >= 4 is 17.8 Å². The molecule has 0 unspecified atom stereocenters. The second kappa shape index (κ2) is 5.16. The van der Waals surface area contributed by atoms with Gasteiger partial charge in [0.1, 0.15) is 6.04 Å². The van der Waals surface area contributed by atoms with E-state index in [-0.39, 0.29) is 5.91 Å². The number of aliphatic carboxylic acids is 2. The number of carbonyl (C=O) groups is 3. The van der Waals surface area contributed by atoms with Crippen LogP contribution in [0.2, 0.25) is 0 Å². The third kappa shape index (κ3) is 3.44. The molecule has 1 saturated carbocycles. The van der Waals surface area contributed by atoms with Gasteiger partial charge < -0.3 is 15.5 Å². The number of rotatable bonds is 5. The molecule has 1 rings (SSSR count). The number of hydrogen-bond donors (Lipinski definition) is 3. The van der Waals surface area contributed by atoms with Gasteiger partial charge in [-0.25, -0.2) is 4.79 Å². The van der Waals surface area contributed by atoms with Gasteiger partial charge in [0.2, 0.25) is 5.91 Å². The fraction of sp³-hybridized carbons (Fsp3) is 0.727. The van der Waals surface area contributed by atoms with Crippen LogP contribution in [0.5, 0.6) is 0 Å². The molecule has 1 amide bonds. The molecule has 0 aromatic rings. The standard InChI is InChI=1S/C11H17NO5/c1-11(4-2-3-5-11)10(17)12-7(9(15)16)6-8(13)14/h7H,2-6H2,1H3,(H,12,17)(H,13,14)(H,15,16)/t7-/m1/s1. The smallest absolute Gasteiger partial charge is 0.326 e. The van der Waals surface area contributed by atoms with Crippen LogP contribution in [-0.4, -0.2) is 34.1 Å². The quantitative estimate of drug-likeness (QED) is 0.656. The Bertz CT molecular complexity index is 333. The first-order chi connectivity index (χ1) is 7.85. The Morgan fingerprint density at radius 1 is 1.24 bits per heavy atom. The van der Waals surface area contributed by atoms with Crippen LogP contribution in [0, 0.1) is 5.41 Å². The SMILES string of the molecule is CC1(C(=O)N[C@H](CC(=O)O)C(=O)O)CCCC1. The van der Waals surface area contributed by atoms with Crippen molar-refractivity contribution in [1.82, 2.24) is 5.32 Å². The molecule has 6 nitrogen and oxygen atoms in total. The average Bonchev–Trinajstić information content (AvgIpc) is 2.64. The summed E-state index contributed by atoms with van der Waals surface area (Å²) < 4.78 is 0. The Kier molecular flexibility index (Phi) is 4.09. The van der Waals surface area contributed by atoms with Crippen molar-refractivity contribution in [1.29, 1.82) is 0 Å². The molecule has 0 aromatic carbocycles. The summed E-state index contributed by atoms with van der Waals surface area (Å²) in [7, 11) is 0. The van der Waals surface area contributed by atoms with Gasteiger partial charge in [0.15, 0.2) is 0 Å². The third-order valence-corrected chi connectivity index (χ3v) is 3.24. The Morgan fingerprint density at radius 2 is 1.76 bits per heavy atom. The third-order valence-electron chi connectivity index (χ3n) is 3.24. The van der Waals surface area contributed by atoms with E-state index in [0.29, 0.717) is 0 Å². The zero-order chi connectivity index (χ0) is 13.1.